The Kier molecular flexibility index (Phi) is 8.08. The van der Waals surface area contributed by atoms with Crippen LogP contribution in [0.15, 0.2) is 47.5 Å². The first-order valence-corrected chi connectivity index (χ1v) is 9.06. The van der Waals surface area contributed by atoms with Crippen molar-refractivity contribution in [3.8, 4) is 23.0 Å². The maximum Gasteiger partial charge on any atom is 0.338 e. The number of aliphatic carboxylic acids is 1. The number of esters is 1. The SMILES string of the molecule is COC(=O)C(=Cc1cc(OC)cc(OC)c1)C(=Cc1cc(OC)cc(OC)c1)C(=O)O. The maximum absolute atomic E-state index is 12.5. The van der Waals surface area contributed by atoms with E-state index in [-0.39, 0.29) is 11.1 Å². The second-order valence-electron chi connectivity index (χ2n) is 6.20. The zero-order valence-corrected chi connectivity index (χ0v) is 17.9. The number of carbonyl (C=O) groups excluding carboxylic acids is 1. The second kappa shape index (κ2) is 10.7. The molecule has 0 unspecified atom stereocenters. The summed E-state index contributed by atoms with van der Waals surface area (Å²) in [4.78, 5) is 24.6. The second-order valence-corrected chi connectivity index (χ2v) is 6.20. The summed E-state index contributed by atoms with van der Waals surface area (Å²) in [5.41, 5.74) is 0.523. The van der Waals surface area contributed by atoms with Crippen LogP contribution in [0, 0.1) is 0 Å². The summed E-state index contributed by atoms with van der Waals surface area (Å²) in [5, 5.41) is 9.85. The van der Waals surface area contributed by atoms with Gasteiger partial charge in [0.25, 0.3) is 0 Å². The van der Waals surface area contributed by atoms with Gasteiger partial charge < -0.3 is 28.8 Å². The molecule has 0 aromatic heterocycles. The lowest BCUT2D eigenvalue weighted by Gasteiger charge is -2.11. The van der Waals surface area contributed by atoms with Gasteiger partial charge in [0.1, 0.15) is 23.0 Å². The first kappa shape index (κ1) is 23.3. The first-order chi connectivity index (χ1) is 14.8. The van der Waals surface area contributed by atoms with Gasteiger partial charge in [-0.3, -0.25) is 0 Å². The smallest absolute Gasteiger partial charge is 0.338 e. The van der Waals surface area contributed by atoms with Gasteiger partial charge in [0.2, 0.25) is 0 Å². The van der Waals surface area contributed by atoms with Gasteiger partial charge in [0.15, 0.2) is 0 Å². The van der Waals surface area contributed by atoms with E-state index in [1.165, 1.54) is 47.7 Å². The number of carbonyl (C=O) groups is 2. The third-order valence-corrected chi connectivity index (χ3v) is 4.30. The van der Waals surface area contributed by atoms with Gasteiger partial charge in [-0.05, 0) is 47.5 Å². The molecule has 8 heteroatoms. The number of ether oxygens (including phenoxy) is 5. The molecule has 164 valence electrons. The highest BCUT2D eigenvalue weighted by Crippen LogP contribution is 2.28. The van der Waals surface area contributed by atoms with Crippen LogP contribution in [0.5, 0.6) is 23.0 Å². The van der Waals surface area contributed by atoms with E-state index in [1.54, 1.807) is 36.4 Å². The van der Waals surface area contributed by atoms with Gasteiger partial charge in [0, 0.05) is 12.1 Å². The molecule has 31 heavy (non-hydrogen) atoms. The van der Waals surface area contributed by atoms with E-state index in [4.69, 9.17) is 23.7 Å². The third-order valence-electron chi connectivity index (χ3n) is 4.30. The van der Waals surface area contributed by atoms with Gasteiger partial charge >= 0.3 is 11.9 Å². The average Bonchev–Trinajstić information content (AvgIpc) is 2.79. The molecule has 0 atom stereocenters. The number of hydrogen-bond acceptors (Lipinski definition) is 7. The van der Waals surface area contributed by atoms with E-state index in [0.717, 1.165) is 0 Å². The quantitative estimate of drug-likeness (QED) is 0.368. The number of hydrogen-bond donors (Lipinski definition) is 1. The minimum Gasteiger partial charge on any atom is -0.497 e. The zero-order valence-electron chi connectivity index (χ0n) is 17.9. The fourth-order valence-electron chi connectivity index (χ4n) is 2.77. The summed E-state index contributed by atoms with van der Waals surface area (Å²) >= 11 is 0. The molecule has 0 heterocycles. The van der Waals surface area contributed by atoms with Crippen LogP contribution in [-0.2, 0) is 14.3 Å². The molecule has 2 aromatic rings. The van der Waals surface area contributed by atoms with Crippen molar-refractivity contribution < 1.29 is 38.4 Å². The Morgan fingerprint density at radius 3 is 1.29 bits per heavy atom. The Morgan fingerprint density at radius 1 is 0.645 bits per heavy atom. The standard InChI is InChI=1S/C23H24O8/c1-27-16-6-14(7-17(12-16)28-2)10-20(22(24)25)21(23(26)31-5)11-15-8-18(29-3)13-19(9-15)30-4/h6-13H,1-5H3,(H,24,25). The van der Waals surface area contributed by atoms with E-state index in [1.807, 2.05) is 0 Å². The van der Waals surface area contributed by atoms with Gasteiger partial charge in [-0.25, -0.2) is 9.59 Å². The molecule has 0 amide bonds. The Balaban J connectivity index is 2.69. The predicted octanol–water partition coefficient (Wildman–Crippen LogP) is 3.45. The summed E-state index contributed by atoms with van der Waals surface area (Å²) in [7, 11) is 7.12. The number of rotatable bonds is 9. The normalized spacial score (nSPS) is 11.5. The summed E-state index contributed by atoms with van der Waals surface area (Å²) in [6.07, 6.45) is 2.74. The van der Waals surface area contributed by atoms with Crippen LogP contribution in [-0.4, -0.2) is 52.6 Å². The molecule has 0 aliphatic carbocycles. The molecule has 1 N–H and O–H groups in total. The van der Waals surface area contributed by atoms with Crippen LogP contribution in [0.25, 0.3) is 12.2 Å². The van der Waals surface area contributed by atoms with Crippen molar-refractivity contribution in [2.75, 3.05) is 35.5 Å². The van der Waals surface area contributed by atoms with Gasteiger partial charge in [-0.15, -0.1) is 0 Å². The highest BCUT2D eigenvalue weighted by atomic mass is 16.5. The Bertz CT molecular complexity index is 976. The van der Waals surface area contributed by atoms with Crippen molar-refractivity contribution in [2.45, 2.75) is 0 Å². The predicted molar refractivity (Wildman–Crippen MR) is 115 cm³/mol. The van der Waals surface area contributed by atoms with Crippen molar-refractivity contribution in [3.05, 3.63) is 58.7 Å². The summed E-state index contributed by atoms with van der Waals surface area (Å²) in [5.74, 6) is -0.229. The number of carboxylic acids is 1. The highest BCUT2D eigenvalue weighted by molar-refractivity contribution is 6.12. The molecular formula is C23H24O8. The van der Waals surface area contributed by atoms with Crippen LogP contribution in [0.2, 0.25) is 0 Å². The minimum absolute atomic E-state index is 0.160. The molecule has 0 radical (unpaired) electrons. The number of methoxy groups -OCH3 is 5. The molecule has 0 spiro atoms. The maximum atomic E-state index is 12.5. The van der Waals surface area contributed by atoms with E-state index in [0.29, 0.717) is 34.1 Å². The van der Waals surface area contributed by atoms with Crippen molar-refractivity contribution in [2.24, 2.45) is 0 Å². The van der Waals surface area contributed by atoms with E-state index in [2.05, 4.69) is 0 Å². The lowest BCUT2D eigenvalue weighted by molar-refractivity contribution is -0.138. The van der Waals surface area contributed by atoms with Crippen LogP contribution in [0.1, 0.15) is 11.1 Å². The topological polar surface area (TPSA) is 101 Å². The van der Waals surface area contributed by atoms with E-state index < -0.39 is 11.9 Å². The Hall–Kier alpha value is -3.94. The monoisotopic (exact) mass is 428 g/mol. The Labute approximate surface area is 180 Å². The molecule has 0 saturated heterocycles. The average molecular weight is 428 g/mol. The third kappa shape index (κ3) is 6.02. The van der Waals surface area contributed by atoms with Crippen LogP contribution in [0.3, 0.4) is 0 Å². The zero-order chi connectivity index (χ0) is 23.0. The molecule has 0 aliphatic heterocycles. The van der Waals surface area contributed by atoms with Crippen LogP contribution >= 0.6 is 0 Å². The molecular weight excluding hydrogens is 404 g/mol. The largest absolute Gasteiger partial charge is 0.497 e. The summed E-state index contributed by atoms with van der Waals surface area (Å²) in [6.45, 7) is 0. The molecule has 2 aromatic carbocycles. The molecule has 0 aliphatic rings. The minimum atomic E-state index is -1.31. The lowest BCUT2D eigenvalue weighted by Crippen LogP contribution is -2.13. The van der Waals surface area contributed by atoms with Crippen molar-refractivity contribution >= 4 is 24.1 Å². The molecule has 8 nitrogen and oxygen atoms in total. The molecule has 0 fully saturated rings. The molecule has 0 bridgehead atoms. The van der Waals surface area contributed by atoms with Gasteiger partial charge in [-0.1, -0.05) is 0 Å². The molecule has 2 rings (SSSR count). The van der Waals surface area contributed by atoms with Gasteiger partial charge in [0.05, 0.1) is 46.7 Å². The fourth-order valence-corrected chi connectivity index (χ4v) is 2.77. The van der Waals surface area contributed by atoms with Crippen molar-refractivity contribution in [1.29, 1.82) is 0 Å². The van der Waals surface area contributed by atoms with Crippen LogP contribution < -0.4 is 18.9 Å². The van der Waals surface area contributed by atoms with E-state index >= 15 is 0 Å². The van der Waals surface area contributed by atoms with Gasteiger partial charge in [-0.2, -0.15) is 0 Å². The molecule has 0 saturated carbocycles. The Morgan fingerprint density at radius 2 is 1.00 bits per heavy atom. The number of benzene rings is 2. The summed E-state index contributed by atoms with van der Waals surface area (Å²) < 4.78 is 25.8. The van der Waals surface area contributed by atoms with Crippen molar-refractivity contribution in [3.63, 3.8) is 0 Å². The summed E-state index contributed by atoms with van der Waals surface area (Å²) in [6, 6.07) is 9.83. The van der Waals surface area contributed by atoms with Crippen LogP contribution in [0.4, 0.5) is 0 Å². The first-order valence-electron chi connectivity index (χ1n) is 9.06. The lowest BCUT2D eigenvalue weighted by atomic mass is 9.99. The fraction of sp³-hybridized carbons (Fsp3) is 0.217. The van der Waals surface area contributed by atoms with E-state index in [9.17, 15) is 14.7 Å². The highest BCUT2D eigenvalue weighted by Gasteiger charge is 2.22. The number of carboxylic acid groups (broad SMARTS) is 1. The van der Waals surface area contributed by atoms with Crippen molar-refractivity contribution in [1.82, 2.24) is 0 Å².